The molecule has 0 aliphatic rings. The molecule has 0 aliphatic carbocycles. The lowest BCUT2D eigenvalue weighted by molar-refractivity contribution is 0.152. The zero-order chi connectivity index (χ0) is 7.82. The summed E-state index contributed by atoms with van der Waals surface area (Å²) in [6, 6.07) is 0. The Morgan fingerprint density at radius 3 is 2.50 bits per heavy atom. The number of methoxy groups -OCH3 is 1. The standard InChI is InChI=1S/C8H18NO/c1-4-6-9(5-2)7-8-10-3/h1,4-8H2,2-3H3. The molecule has 61 valence electrons. The Balaban J connectivity index is 3.21. The van der Waals surface area contributed by atoms with Gasteiger partial charge in [0.25, 0.3) is 0 Å². The lowest BCUT2D eigenvalue weighted by Gasteiger charge is -2.18. The smallest absolute Gasteiger partial charge is 0.0589 e. The maximum Gasteiger partial charge on any atom is 0.0589 e. The molecule has 0 atom stereocenters. The molecule has 0 aromatic rings. The van der Waals surface area contributed by atoms with E-state index in [0.29, 0.717) is 0 Å². The first kappa shape index (κ1) is 9.92. The van der Waals surface area contributed by atoms with Gasteiger partial charge in [0.1, 0.15) is 0 Å². The lowest BCUT2D eigenvalue weighted by Crippen LogP contribution is -2.27. The summed E-state index contributed by atoms with van der Waals surface area (Å²) >= 11 is 0. The Kier molecular flexibility index (Phi) is 6.98. The van der Waals surface area contributed by atoms with Crippen molar-refractivity contribution in [2.45, 2.75) is 13.3 Å². The van der Waals surface area contributed by atoms with Crippen molar-refractivity contribution in [2.75, 3.05) is 33.4 Å². The minimum Gasteiger partial charge on any atom is -0.383 e. The number of hydrogen-bond acceptors (Lipinski definition) is 2. The second-order valence-electron chi connectivity index (χ2n) is 2.28. The third kappa shape index (κ3) is 4.77. The van der Waals surface area contributed by atoms with Gasteiger partial charge in [-0.2, -0.15) is 0 Å². The molecule has 0 saturated heterocycles. The quantitative estimate of drug-likeness (QED) is 0.555. The summed E-state index contributed by atoms with van der Waals surface area (Å²) in [7, 11) is 1.73. The molecule has 0 N–H and O–H groups in total. The highest BCUT2D eigenvalue weighted by atomic mass is 16.5. The molecule has 2 heteroatoms. The van der Waals surface area contributed by atoms with Crippen LogP contribution >= 0.6 is 0 Å². The monoisotopic (exact) mass is 144 g/mol. The van der Waals surface area contributed by atoms with Crippen LogP contribution in [-0.4, -0.2) is 38.3 Å². The molecular formula is C8H18NO. The van der Waals surface area contributed by atoms with Gasteiger partial charge in [0.2, 0.25) is 0 Å². The first-order chi connectivity index (χ1) is 4.85. The van der Waals surface area contributed by atoms with E-state index in [-0.39, 0.29) is 0 Å². The van der Waals surface area contributed by atoms with E-state index in [2.05, 4.69) is 18.7 Å². The summed E-state index contributed by atoms with van der Waals surface area (Å²) in [6.07, 6.45) is 0.984. The lowest BCUT2D eigenvalue weighted by atomic mass is 10.4. The van der Waals surface area contributed by atoms with Crippen LogP contribution in [0, 0.1) is 6.92 Å². The average molecular weight is 144 g/mol. The normalized spacial score (nSPS) is 10.8. The largest absolute Gasteiger partial charge is 0.383 e. The maximum atomic E-state index is 4.96. The van der Waals surface area contributed by atoms with Gasteiger partial charge in [-0.15, -0.1) is 0 Å². The second kappa shape index (κ2) is 7.03. The van der Waals surface area contributed by atoms with Crippen LogP contribution < -0.4 is 0 Å². The minimum absolute atomic E-state index is 0.827. The van der Waals surface area contributed by atoms with Crippen LogP contribution in [0.25, 0.3) is 0 Å². The van der Waals surface area contributed by atoms with Gasteiger partial charge >= 0.3 is 0 Å². The van der Waals surface area contributed by atoms with Gasteiger partial charge in [-0.1, -0.05) is 13.8 Å². The fraction of sp³-hybridized carbons (Fsp3) is 0.875. The highest BCUT2D eigenvalue weighted by Crippen LogP contribution is 1.89. The van der Waals surface area contributed by atoms with Gasteiger partial charge in [0.05, 0.1) is 6.61 Å². The maximum absolute atomic E-state index is 4.96. The summed E-state index contributed by atoms with van der Waals surface area (Å²) in [5, 5.41) is 0. The van der Waals surface area contributed by atoms with Crippen molar-refractivity contribution in [1.82, 2.24) is 4.90 Å². The van der Waals surface area contributed by atoms with Crippen LogP contribution in [0.5, 0.6) is 0 Å². The van der Waals surface area contributed by atoms with Crippen LogP contribution in [0.3, 0.4) is 0 Å². The van der Waals surface area contributed by atoms with Crippen LogP contribution in [0.15, 0.2) is 0 Å². The Hall–Kier alpha value is -0.0800. The van der Waals surface area contributed by atoms with Crippen molar-refractivity contribution in [3.63, 3.8) is 0 Å². The Labute approximate surface area is 64.2 Å². The molecule has 0 amide bonds. The summed E-state index contributed by atoms with van der Waals surface area (Å²) in [6.45, 7) is 9.99. The van der Waals surface area contributed by atoms with Crippen molar-refractivity contribution in [2.24, 2.45) is 0 Å². The van der Waals surface area contributed by atoms with Crippen molar-refractivity contribution < 1.29 is 4.74 Å². The topological polar surface area (TPSA) is 12.5 Å². The van der Waals surface area contributed by atoms with Gasteiger partial charge < -0.3 is 9.64 Å². The van der Waals surface area contributed by atoms with E-state index >= 15 is 0 Å². The summed E-state index contributed by atoms with van der Waals surface area (Å²) in [5.41, 5.74) is 0. The van der Waals surface area contributed by atoms with E-state index in [9.17, 15) is 0 Å². The first-order valence-electron chi connectivity index (χ1n) is 3.85. The molecule has 0 aliphatic heterocycles. The summed E-state index contributed by atoms with van der Waals surface area (Å²) in [5.74, 6) is 0. The number of nitrogens with zero attached hydrogens (tertiary/aromatic N) is 1. The zero-order valence-electron chi connectivity index (χ0n) is 7.10. The molecule has 0 spiro atoms. The van der Waals surface area contributed by atoms with Crippen LogP contribution in [0.2, 0.25) is 0 Å². The highest BCUT2D eigenvalue weighted by Gasteiger charge is 1.97. The molecule has 0 rings (SSSR count). The van der Waals surface area contributed by atoms with E-state index in [0.717, 1.165) is 32.7 Å². The third-order valence-electron chi connectivity index (χ3n) is 1.53. The average Bonchev–Trinajstić information content (AvgIpc) is 1.98. The number of likely N-dealkylation sites (N-methyl/N-ethyl adjacent to an activating group) is 1. The first-order valence-corrected chi connectivity index (χ1v) is 3.85. The van der Waals surface area contributed by atoms with Crippen LogP contribution in [-0.2, 0) is 4.74 Å². The predicted octanol–water partition coefficient (Wildman–Crippen LogP) is 1.18. The molecule has 0 aromatic heterocycles. The molecule has 0 unspecified atom stereocenters. The van der Waals surface area contributed by atoms with Gasteiger partial charge in [-0.3, -0.25) is 0 Å². The molecule has 0 saturated carbocycles. The van der Waals surface area contributed by atoms with Crippen molar-refractivity contribution in [1.29, 1.82) is 0 Å². The second-order valence-corrected chi connectivity index (χ2v) is 2.28. The summed E-state index contributed by atoms with van der Waals surface area (Å²) in [4.78, 5) is 2.33. The fourth-order valence-corrected chi connectivity index (χ4v) is 0.872. The Morgan fingerprint density at radius 2 is 2.10 bits per heavy atom. The van der Waals surface area contributed by atoms with Crippen LogP contribution in [0.1, 0.15) is 13.3 Å². The molecule has 0 fully saturated rings. The van der Waals surface area contributed by atoms with E-state index in [4.69, 9.17) is 4.74 Å². The molecule has 0 bridgehead atoms. The molecule has 2 nitrogen and oxygen atoms in total. The highest BCUT2D eigenvalue weighted by molar-refractivity contribution is 4.54. The van der Waals surface area contributed by atoms with Gasteiger partial charge in [0, 0.05) is 13.7 Å². The SMILES string of the molecule is [CH2]CCN(CC)CCOC. The van der Waals surface area contributed by atoms with Gasteiger partial charge in [-0.25, -0.2) is 0 Å². The van der Waals surface area contributed by atoms with Crippen molar-refractivity contribution in [3.05, 3.63) is 6.92 Å². The zero-order valence-corrected chi connectivity index (χ0v) is 7.10. The van der Waals surface area contributed by atoms with Crippen molar-refractivity contribution in [3.8, 4) is 0 Å². The van der Waals surface area contributed by atoms with E-state index in [1.807, 2.05) is 0 Å². The fourth-order valence-electron chi connectivity index (χ4n) is 0.872. The summed E-state index contributed by atoms with van der Waals surface area (Å²) < 4.78 is 4.96. The van der Waals surface area contributed by atoms with E-state index in [1.54, 1.807) is 7.11 Å². The van der Waals surface area contributed by atoms with Gasteiger partial charge in [0.15, 0.2) is 0 Å². The molecule has 1 radical (unpaired) electrons. The van der Waals surface area contributed by atoms with E-state index in [1.165, 1.54) is 0 Å². The minimum atomic E-state index is 0.827. The van der Waals surface area contributed by atoms with Gasteiger partial charge in [-0.05, 0) is 19.5 Å². The molecule has 10 heavy (non-hydrogen) atoms. The van der Waals surface area contributed by atoms with Crippen LogP contribution in [0.4, 0.5) is 0 Å². The Bertz CT molecular complexity index is 66.3. The molecule has 0 heterocycles. The predicted molar refractivity (Wildman–Crippen MR) is 44.0 cm³/mol. The Morgan fingerprint density at radius 1 is 1.40 bits per heavy atom. The number of ether oxygens (including phenoxy) is 1. The molecular weight excluding hydrogens is 126 g/mol. The number of hydrogen-bond donors (Lipinski definition) is 0. The third-order valence-corrected chi connectivity index (χ3v) is 1.53. The van der Waals surface area contributed by atoms with E-state index < -0.39 is 0 Å². The van der Waals surface area contributed by atoms with Crippen molar-refractivity contribution >= 4 is 0 Å². The number of rotatable bonds is 6. The molecule has 0 aromatic carbocycles.